The minimum absolute atomic E-state index is 0.0197. The van der Waals surface area contributed by atoms with E-state index < -0.39 is 51.0 Å². The number of halogens is 3. The molecule has 1 aliphatic rings. The van der Waals surface area contributed by atoms with E-state index in [1.807, 2.05) is 0 Å². The Hall–Kier alpha value is -4.24. The van der Waals surface area contributed by atoms with Crippen LogP contribution < -0.4 is 16.6 Å². The molecule has 1 fully saturated rings. The zero-order chi connectivity index (χ0) is 30.4. The van der Waals surface area contributed by atoms with Crippen LogP contribution in [0.4, 0.5) is 13.2 Å². The Bertz CT molecular complexity index is 1840. The first kappa shape index (κ1) is 29.3. The average molecular weight is 606 g/mol. The van der Waals surface area contributed by atoms with E-state index in [0.717, 1.165) is 43.9 Å². The number of hydrogen-bond donors (Lipinski definition) is 1. The summed E-state index contributed by atoms with van der Waals surface area (Å²) >= 11 is 0. The SMILES string of the molecule is CC(C)n1c(=O)c(CNC(=O)C2CCCN2S(=O)(=O)c2cc3cnccc3o2)cn(-c2ccc(C(F)(F)F)cc2)c1=O. The molecule has 0 aliphatic carbocycles. The van der Waals surface area contributed by atoms with E-state index in [9.17, 15) is 36.0 Å². The first-order chi connectivity index (χ1) is 19.8. The molecule has 0 saturated carbocycles. The second-order valence-corrected chi connectivity index (χ2v) is 11.9. The van der Waals surface area contributed by atoms with Gasteiger partial charge in [-0.1, -0.05) is 0 Å². The summed E-state index contributed by atoms with van der Waals surface area (Å²) in [7, 11) is -4.18. The predicted molar refractivity (Wildman–Crippen MR) is 144 cm³/mol. The van der Waals surface area contributed by atoms with E-state index in [0.29, 0.717) is 17.4 Å². The minimum Gasteiger partial charge on any atom is -0.443 e. The Morgan fingerprint density at radius 2 is 1.88 bits per heavy atom. The monoisotopic (exact) mass is 605 g/mol. The molecule has 3 aromatic heterocycles. The number of fused-ring (bicyclic) bond motifs is 1. The average Bonchev–Trinajstić information content (AvgIpc) is 3.61. The fourth-order valence-electron chi connectivity index (χ4n) is 4.89. The van der Waals surface area contributed by atoms with Gasteiger partial charge in [0.05, 0.1) is 16.8 Å². The summed E-state index contributed by atoms with van der Waals surface area (Å²) in [6, 6.07) is 5.04. The van der Waals surface area contributed by atoms with Crippen molar-refractivity contribution in [3.63, 3.8) is 0 Å². The number of alkyl halides is 3. The lowest BCUT2D eigenvalue weighted by molar-refractivity contribution is -0.137. The fraction of sp³-hybridized carbons (Fsp3) is 0.333. The van der Waals surface area contributed by atoms with Gasteiger partial charge in [0.2, 0.25) is 11.0 Å². The third-order valence-electron chi connectivity index (χ3n) is 7.00. The number of aromatic nitrogens is 3. The molecule has 4 heterocycles. The van der Waals surface area contributed by atoms with Gasteiger partial charge in [-0.3, -0.25) is 23.7 Å². The lowest BCUT2D eigenvalue weighted by Crippen LogP contribution is -2.47. The molecular formula is C27H26F3N5O6S. The number of nitrogens with zero attached hydrogens (tertiary/aromatic N) is 4. The predicted octanol–water partition coefficient (Wildman–Crippen LogP) is 3.21. The summed E-state index contributed by atoms with van der Waals surface area (Å²) in [6.07, 6.45) is 0.158. The van der Waals surface area contributed by atoms with Gasteiger partial charge >= 0.3 is 11.9 Å². The lowest BCUT2D eigenvalue weighted by Gasteiger charge is -2.22. The number of amides is 1. The first-order valence-corrected chi connectivity index (χ1v) is 14.4. The van der Waals surface area contributed by atoms with Crippen LogP contribution in [0.3, 0.4) is 0 Å². The molecule has 222 valence electrons. The van der Waals surface area contributed by atoms with Gasteiger partial charge in [0.25, 0.3) is 15.6 Å². The van der Waals surface area contributed by atoms with Crippen LogP contribution in [0.2, 0.25) is 0 Å². The molecule has 1 N–H and O–H groups in total. The number of benzene rings is 1. The van der Waals surface area contributed by atoms with Crippen molar-refractivity contribution in [1.82, 2.24) is 23.7 Å². The number of nitrogens with one attached hydrogen (secondary N) is 1. The molecular weight excluding hydrogens is 579 g/mol. The Morgan fingerprint density at radius 3 is 2.52 bits per heavy atom. The Labute approximate surface area is 237 Å². The second kappa shape index (κ2) is 10.9. The van der Waals surface area contributed by atoms with Crippen LogP contribution in [0.15, 0.2) is 74.1 Å². The zero-order valence-electron chi connectivity index (χ0n) is 22.5. The maximum Gasteiger partial charge on any atom is 0.416 e. The number of carbonyl (C=O) groups excluding carboxylic acids is 1. The number of rotatable bonds is 7. The zero-order valence-corrected chi connectivity index (χ0v) is 23.3. The van der Waals surface area contributed by atoms with Gasteiger partial charge < -0.3 is 9.73 Å². The largest absolute Gasteiger partial charge is 0.443 e. The van der Waals surface area contributed by atoms with E-state index in [1.54, 1.807) is 13.8 Å². The number of furan rings is 1. The van der Waals surface area contributed by atoms with Crippen molar-refractivity contribution in [3.8, 4) is 5.69 Å². The fourth-order valence-corrected chi connectivity index (χ4v) is 6.50. The topological polar surface area (TPSA) is 137 Å². The highest BCUT2D eigenvalue weighted by Crippen LogP contribution is 2.31. The highest BCUT2D eigenvalue weighted by molar-refractivity contribution is 7.89. The van der Waals surface area contributed by atoms with Crippen LogP contribution in [0.25, 0.3) is 16.7 Å². The molecule has 11 nitrogen and oxygen atoms in total. The molecule has 42 heavy (non-hydrogen) atoms. The van der Waals surface area contributed by atoms with Gasteiger partial charge in [-0.2, -0.15) is 17.5 Å². The Morgan fingerprint density at radius 1 is 1.17 bits per heavy atom. The molecule has 1 amide bonds. The molecule has 0 spiro atoms. The van der Waals surface area contributed by atoms with Gasteiger partial charge in [-0.05, 0) is 57.0 Å². The van der Waals surface area contributed by atoms with Crippen molar-refractivity contribution in [2.24, 2.45) is 0 Å². The maximum atomic E-state index is 13.4. The summed E-state index contributed by atoms with van der Waals surface area (Å²) in [5, 5.41) is 2.75. The quantitative estimate of drug-likeness (QED) is 0.342. The van der Waals surface area contributed by atoms with Gasteiger partial charge in [0, 0.05) is 49.2 Å². The highest BCUT2D eigenvalue weighted by Gasteiger charge is 2.41. The normalized spacial score (nSPS) is 16.4. The van der Waals surface area contributed by atoms with Crippen molar-refractivity contribution >= 4 is 26.9 Å². The molecule has 1 atom stereocenters. The smallest absolute Gasteiger partial charge is 0.416 e. The maximum absolute atomic E-state index is 13.4. The summed E-state index contributed by atoms with van der Waals surface area (Å²) in [5.41, 5.74) is -1.96. The van der Waals surface area contributed by atoms with Crippen molar-refractivity contribution in [3.05, 3.63) is 87.0 Å². The number of sulfonamides is 1. The van der Waals surface area contributed by atoms with Crippen molar-refractivity contribution < 1.29 is 30.8 Å². The lowest BCUT2D eigenvalue weighted by atomic mass is 10.2. The minimum atomic E-state index is -4.57. The van der Waals surface area contributed by atoms with Gasteiger partial charge in [0.1, 0.15) is 11.6 Å². The summed E-state index contributed by atoms with van der Waals surface area (Å²) in [5.74, 6) is -0.656. The molecule has 15 heteroatoms. The van der Waals surface area contributed by atoms with E-state index in [2.05, 4.69) is 10.3 Å². The first-order valence-electron chi connectivity index (χ1n) is 13.0. The van der Waals surface area contributed by atoms with Crippen LogP contribution >= 0.6 is 0 Å². The molecule has 1 aliphatic heterocycles. The summed E-state index contributed by atoms with van der Waals surface area (Å²) in [6.45, 7) is 2.91. The standard InChI is InChI=1S/C27H26F3N5O6S/c1-16(2)35-25(37)18(15-33(26(35)38)20-7-5-19(6-8-20)27(28,29)30)14-32-24(36)21-4-3-11-34(21)42(39,40)23-12-17-13-31-10-9-22(17)41-23/h5-10,12-13,15-16,21H,3-4,11,14H2,1-2H3,(H,32,36). The van der Waals surface area contributed by atoms with Crippen molar-refractivity contribution in [2.75, 3.05) is 6.54 Å². The molecule has 4 aromatic rings. The summed E-state index contributed by atoms with van der Waals surface area (Å²) < 4.78 is 74.3. The van der Waals surface area contributed by atoms with E-state index in [1.165, 1.54) is 24.5 Å². The van der Waals surface area contributed by atoms with Crippen LogP contribution in [0.1, 0.15) is 43.9 Å². The van der Waals surface area contributed by atoms with Crippen molar-refractivity contribution in [1.29, 1.82) is 0 Å². The molecule has 1 unspecified atom stereocenters. The molecule has 1 aromatic carbocycles. The number of hydrogen-bond acceptors (Lipinski definition) is 7. The Balaban J connectivity index is 1.41. The van der Waals surface area contributed by atoms with Gasteiger partial charge in [-0.25, -0.2) is 13.2 Å². The van der Waals surface area contributed by atoms with E-state index in [-0.39, 0.29) is 35.9 Å². The van der Waals surface area contributed by atoms with E-state index in [4.69, 9.17) is 4.42 Å². The van der Waals surface area contributed by atoms with Crippen LogP contribution in [-0.4, -0.2) is 45.3 Å². The number of carbonyl (C=O) groups is 1. The number of pyridine rings is 1. The second-order valence-electron chi connectivity index (χ2n) is 10.1. The van der Waals surface area contributed by atoms with Crippen molar-refractivity contribution in [2.45, 2.75) is 56.6 Å². The van der Waals surface area contributed by atoms with Gasteiger partial charge in [0.15, 0.2) is 0 Å². The molecule has 5 rings (SSSR count). The molecule has 0 bridgehead atoms. The summed E-state index contributed by atoms with van der Waals surface area (Å²) in [4.78, 5) is 43.4. The van der Waals surface area contributed by atoms with Crippen LogP contribution in [-0.2, 0) is 27.5 Å². The van der Waals surface area contributed by atoms with Gasteiger partial charge in [-0.15, -0.1) is 0 Å². The highest BCUT2D eigenvalue weighted by atomic mass is 32.2. The van der Waals surface area contributed by atoms with Crippen LogP contribution in [0, 0.1) is 0 Å². The third-order valence-corrected chi connectivity index (χ3v) is 8.76. The van der Waals surface area contributed by atoms with E-state index >= 15 is 0 Å². The molecule has 1 saturated heterocycles. The Kier molecular flexibility index (Phi) is 7.57. The molecule has 0 radical (unpaired) electrons. The third kappa shape index (κ3) is 5.36. The van der Waals surface area contributed by atoms with Crippen LogP contribution in [0.5, 0.6) is 0 Å².